The van der Waals surface area contributed by atoms with Crippen molar-refractivity contribution >= 4 is 34.5 Å². The first kappa shape index (κ1) is 24.5. The third-order valence-electron chi connectivity index (χ3n) is 7.04. The molecule has 12 heteroatoms. The Morgan fingerprint density at radius 1 is 1.39 bits per heavy atom. The van der Waals surface area contributed by atoms with Crippen molar-refractivity contribution in [1.29, 1.82) is 5.26 Å². The average Bonchev–Trinajstić information content (AvgIpc) is 3.68. The SMILES string of the molecule is CN(C)C(=O)c1cc2c(s1)C(CCNCC(=O)N1CCCC1C#N)(c1nn[nH]n1)c1ccsc1CC2. The Morgan fingerprint density at radius 2 is 2.25 bits per heavy atom. The molecular formula is C24H28N8O2S2. The van der Waals surface area contributed by atoms with Crippen LogP contribution in [0, 0.1) is 11.3 Å². The maximum Gasteiger partial charge on any atom is 0.263 e. The number of hydrogen-bond acceptors (Lipinski definition) is 9. The lowest BCUT2D eigenvalue weighted by Gasteiger charge is -2.31. The van der Waals surface area contributed by atoms with Crippen molar-refractivity contribution in [2.45, 2.75) is 43.6 Å². The number of carbonyl (C=O) groups excluding carboxylic acids is 2. The molecule has 1 fully saturated rings. The molecule has 1 saturated heterocycles. The van der Waals surface area contributed by atoms with Gasteiger partial charge in [-0.25, -0.2) is 0 Å². The van der Waals surface area contributed by atoms with Crippen molar-refractivity contribution in [3.8, 4) is 6.07 Å². The molecule has 3 aromatic heterocycles. The number of fused-ring (bicyclic) bond motifs is 2. The van der Waals surface area contributed by atoms with Gasteiger partial charge in [-0.2, -0.15) is 10.5 Å². The van der Waals surface area contributed by atoms with E-state index in [2.05, 4.69) is 43.5 Å². The largest absolute Gasteiger partial charge is 0.344 e. The standard InChI is InChI=1S/C24H28N8O2S2/c1-31(2)22(34)19-12-15-5-6-18-17(7-11-35-18)24(21(15)36-19,23-27-29-30-28-23)8-9-26-14-20(33)32-10-3-4-16(32)13-25/h7,11-12,16,26H,3-6,8-10,14H2,1-2H3,(H,27,28,29,30). The Labute approximate surface area is 217 Å². The predicted octanol–water partition coefficient (Wildman–Crippen LogP) is 1.95. The normalized spacial score (nSPS) is 20.9. The van der Waals surface area contributed by atoms with Crippen LogP contribution >= 0.6 is 22.7 Å². The van der Waals surface area contributed by atoms with Crippen LogP contribution in [-0.4, -0.2) is 82.0 Å². The molecule has 0 aromatic carbocycles. The lowest BCUT2D eigenvalue weighted by Crippen LogP contribution is -2.42. The summed E-state index contributed by atoms with van der Waals surface area (Å²) in [4.78, 5) is 31.9. The molecule has 0 saturated carbocycles. The Kier molecular flexibility index (Phi) is 6.87. The summed E-state index contributed by atoms with van der Waals surface area (Å²) >= 11 is 3.22. The van der Waals surface area contributed by atoms with Crippen molar-refractivity contribution in [2.24, 2.45) is 0 Å². The predicted molar refractivity (Wildman–Crippen MR) is 136 cm³/mol. The summed E-state index contributed by atoms with van der Waals surface area (Å²) in [6, 6.07) is 6.04. The minimum atomic E-state index is -0.692. The van der Waals surface area contributed by atoms with Gasteiger partial charge >= 0.3 is 0 Å². The zero-order valence-corrected chi connectivity index (χ0v) is 21.9. The zero-order chi connectivity index (χ0) is 25.3. The van der Waals surface area contributed by atoms with Crippen molar-refractivity contribution in [3.63, 3.8) is 0 Å². The van der Waals surface area contributed by atoms with Crippen molar-refractivity contribution < 1.29 is 9.59 Å². The molecule has 0 radical (unpaired) electrons. The second-order valence-corrected chi connectivity index (χ2v) is 11.4. The Morgan fingerprint density at radius 3 is 3.00 bits per heavy atom. The van der Waals surface area contributed by atoms with E-state index in [1.165, 1.54) is 16.2 Å². The van der Waals surface area contributed by atoms with Crippen LogP contribution < -0.4 is 5.32 Å². The monoisotopic (exact) mass is 524 g/mol. The summed E-state index contributed by atoms with van der Waals surface area (Å²) in [6.07, 6.45) is 3.90. The molecule has 10 nitrogen and oxygen atoms in total. The van der Waals surface area contributed by atoms with Gasteiger partial charge in [0.05, 0.1) is 22.9 Å². The molecule has 3 aromatic rings. The van der Waals surface area contributed by atoms with Crippen LogP contribution in [0.3, 0.4) is 0 Å². The fourth-order valence-corrected chi connectivity index (χ4v) is 7.70. The minimum absolute atomic E-state index is 0.0259. The van der Waals surface area contributed by atoms with Crippen molar-refractivity contribution in [1.82, 2.24) is 35.7 Å². The van der Waals surface area contributed by atoms with Crippen molar-refractivity contribution in [2.75, 3.05) is 33.7 Å². The van der Waals surface area contributed by atoms with Crippen molar-refractivity contribution in [3.05, 3.63) is 49.1 Å². The summed E-state index contributed by atoms with van der Waals surface area (Å²) in [6.45, 7) is 1.32. The van der Waals surface area contributed by atoms with Gasteiger partial charge in [0, 0.05) is 30.4 Å². The maximum atomic E-state index is 12.9. The van der Waals surface area contributed by atoms with E-state index >= 15 is 0 Å². The number of nitrogens with one attached hydrogen (secondary N) is 2. The fraction of sp³-hybridized carbons (Fsp3) is 0.500. The van der Waals surface area contributed by atoms with E-state index < -0.39 is 5.41 Å². The molecule has 4 heterocycles. The van der Waals surface area contributed by atoms with Crippen LogP contribution in [0.1, 0.15) is 55.6 Å². The number of thiophene rings is 2. The topological polar surface area (TPSA) is 131 Å². The highest BCUT2D eigenvalue weighted by atomic mass is 32.1. The maximum absolute atomic E-state index is 12.9. The molecule has 188 valence electrons. The van der Waals surface area contributed by atoms with E-state index in [9.17, 15) is 14.9 Å². The van der Waals surface area contributed by atoms with Gasteiger partial charge in [-0.3, -0.25) is 9.59 Å². The first-order valence-electron chi connectivity index (χ1n) is 12.0. The van der Waals surface area contributed by atoms with Crippen LogP contribution in [0.4, 0.5) is 0 Å². The molecule has 0 spiro atoms. The van der Waals surface area contributed by atoms with Crippen LogP contribution in [0.2, 0.25) is 0 Å². The van der Waals surface area contributed by atoms with Gasteiger partial charge in [-0.05, 0) is 67.3 Å². The molecular weight excluding hydrogens is 496 g/mol. The summed E-state index contributed by atoms with van der Waals surface area (Å²) in [5.74, 6) is 0.482. The molecule has 2 N–H and O–H groups in total. The first-order chi connectivity index (χ1) is 17.5. The van der Waals surface area contributed by atoms with Crippen LogP contribution in [0.5, 0.6) is 0 Å². The van der Waals surface area contributed by atoms with Gasteiger partial charge in [-0.1, -0.05) is 5.21 Å². The number of carbonyl (C=O) groups is 2. The van der Waals surface area contributed by atoms with E-state index in [0.717, 1.165) is 41.7 Å². The molecule has 2 unspecified atom stereocenters. The number of amides is 2. The third-order valence-corrected chi connectivity index (χ3v) is 9.35. The van der Waals surface area contributed by atoms with Gasteiger partial charge in [0.1, 0.15) is 6.04 Å². The molecule has 1 aliphatic carbocycles. The highest BCUT2D eigenvalue weighted by Gasteiger charge is 2.46. The lowest BCUT2D eigenvalue weighted by atomic mass is 9.75. The number of aromatic amines is 1. The lowest BCUT2D eigenvalue weighted by molar-refractivity contribution is -0.130. The molecule has 5 rings (SSSR count). The van der Waals surface area contributed by atoms with Crippen LogP contribution in [-0.2, 0) is 23.1 Å². The van der Waals surface area contributed by atoms with Gasteiger partial charge in [0.25, 0.3) is 5.91 Å². The van der Waals surface area contributed by atoms with Gasteiger partial charge < -0.3 is 15.1 Å². The number of nitrogens with zero attached hydrogens (tertiary/aromatic N) is 6. The fourth-order valence-electron chi connectivity index (χ4n) is 5.28. The number of hydrogen-bond donors (Lipinski definition) is 2. The summed E-state index contributed by atoms with van der Waals surface area (Å²) in [7, 11) is 3.52. The second kappa shape index (κ2) is 10.1. The minimum Gasteiger partial charge on any atom is -0.344 e. The number of aryl methyl sites for hydroxylation is 2. The van der Waals surface area contributed by atoms with Gasteiger partial charge in [-0.15, -0.1) is 32.9 Å². The second-order valence-electron chi connectivity index (χ2n) is 9.36. The van der Waals surface area contributed by atoms with Crippen LogP contribution in [0.15, 0.2) is 17.5 Å². The number of nitriles is 1. The number of tetrazole rings is 1. The highest BCUT2D eigenvalue weighted by Crippen LogP contribution is 2.50. The zero-order valence-electron chi connectivity index (χ0n) is 20.3. The van der Waals surface area contributed by atoms with Gasteiger partial charge in [0.2, 0.25) is 5.91 Å². The molecule has 1 aliphatic heterocycles. The first-order valence-corrected chi connectivity index (χ1v) is 13.7. The highest BCUT2D eigenvalue weighted by molar-refractivity contribution is 7.14. The Bertz CT molecular complexity index is 1290. The summed E-state index contributed by atoms with van der Waals surface area (Å²) < 4.78 is 0. The number of H-pyrrole nitrogens is 1. The summed E-state index contributed by atoms with van der Waals surface area (Å²) in [5.41, 5.74) is 1.57. The quantitative estimate of drug-likeness (QED) is 0.452. The Hall–Kier alpha value is -3.14. The van der Waals surface area contributed by atoms with E-state index in [4.69, 9.17) is 0 Å². The number of aromatic nitrogens is 4. The molecule has 2 atom stereocenters. The molecule has 2 aliphatic rings. The average molecular weight is 525 g/mol. The summed E-state index contributed by atoms with van der Waals surface area (Å²) in [5, 5.41) is 30.1. The molecule has 36 heavy (non-hydrogen) atoms. The molecule has 2 amide bonds. The number of likely N-dealkylation sites (tertiary alicyclic amines) is 1. The van der Waals surface area contributed by atoms with E-state index in [-0.39, 0.29) is 24.4 Å². The van der Waals surface area contributed by atoms with E-state index in [0.29, 0.717) is 30.2 Å². The van der Waals surface area contributed by atoms with Crippen LogP contribution in [0.25, 0.3) is 0 Å². The van der Waals surface area contributed by atoms with E-state index in [1.54, 1.807) is 35.2 Å². The van der Waals surface area contributed by atoms with E-state index in [1.807, 2.05) is 6.07 Å². The Balaban J connectivity index is 1.47. The molecule has 0 bridgehead atoms. The van der Waals surface area contributed by atoms with Gasteiger partial charge in [0.15, 0.2) is 5.82 Å². The number of rotatable bonds is 7. The smallest absolute Gasteiger partial charge is 0.263 e. The third kappa shape index (κ3) is 4.21.